The highest BCUT2D eigenvalue weighted by molar-refractivity contribution is 8.00. The highest BCUT2D eigenvalue weighted by Crippen LogP contribution is 2.36. The first-order chi connectivity index (χ1) is 14.9. The third-order valence-electron chi connectivity index (χ3n) is 5.20. The average Bonchev–Trinajstić information content (AvgIpc) is 2.77. The molecule has 0 bridgehead atoms. The molecular formula is C20H48N2O6SSi2. The number of thioether (sulfide) groups is 1. The Morgan fingerprint density at radius 3 is 1.61 bits per heavy atom. The lowest BCUT2D eigenvalue weighted by Crippen LogP contribution is -2.62. The number of nitrogens with zero attached hydrogens (tertiary/aromatic N) is 1. The lowest BCUT2D eigenvalue weighted by atomic mass is 10.3. The third kappa shape index (κ3) is 9.69. The zero-order valence-corrected chi connectivity index (χ0v) is 24.2. The molecule has 0 saturated heterocycles. The van der Waals surface area contributed by atoms with Gasteiger partial charge in [0, 0.05) is 47.2 Å². The van der Waals surface area contributed by atoms with Crippen molar-refractivity contribution in [2.75, 3.05) is 66.5 Å². The fraction of sp³-hybridized carbons (Fsp3) is 1.00. The molecule has 31 heavy (non-hydrogen) atoms. The first-order valence-electron chi connectivity index (χ1n) is 11.6. The number of rotatable bonds is 21. The Hall–Kier alpha value is 0.464. The molecule has 0 aromatic rings. The van der Waals surface area contributed by atoms with Crippen LogP contribution in [0.25, 0.3) is 0 Å². The molecule has 0 aliphatic heterocycles. The van der Waals surface area contributed by atoms with Crippen LogP contribution in [0.1, 0.15) is 48.0 Å². The maximum Gasteiger partial charge on any atom is 0.504 e. The van der Waals surface area contributed by atoms with E-state index >= 15 is 0 Å². The van der Waals surface area contributed by atoms with Gasteiger partial charge in [-0.25, -0.2) is 0 Å². The van der Waals surface area contributed by atoms with Crippen LogP contribution < -0.4 is 5.32 Å². The Labute approximate surface area is 197 Å². The minimum Gasteiger partial charge on any atom is -0.377 e. The molecule has 1 N–H and O–H groups in total. The van der Waals surface area contributed by atoms with Crippen molar-refractivity contribution >= 4 is 29.4 Å². The largest absolute Gasteiger partial charge is 0.504 e. The van der Waals surface area contributed by atoms with Crippen molar-refractivity contribution in [1.82, 2.24) is 10.2 Å². The molecule has 0 aliphatic carbocycles. The first-order valence-corrected chi connectivity index (χ1v) is 16.4. The van der Waals surface area contributed by atoms with Gasteiger partial charge in [-0.1, -0.05) is 20.8 Å². The second-order valence-electron chi connectivity index (χ2n) is 6.87. The minimum absolute atomic E-state index is 0.348. The van der Waals surface area contributed by atoms with Crippen LogP contribution in [-0.2, 0) is 26.6 Å². The summed E-state index contributed by atoms with van der Waals surface area (Å²) in [6, 6.07) is 1.43. The van der Waals surface area contributed by atoms with Gasteiger partial charge in [0.05, 0.1) is 6.04 Å². The molecule has 0 aromatic heterocycles. The van der Waals surface area contributed by atoms with E-state index in [2.05, 4.69) is 31.0 Å². The lowest BCUT2D eigenvalue weighted by Gasteiger charge is -2.46. The quantitative estimate of drug-likeness (QED) is 0.144. The minimum atomic E-state index is -2.81. The highest BCUT2D eigenvalue weighted by atomic mass is 32.2. The molecule has 0 rings (SSSR count). The monoisotopic (exact) mass is 500 g/mol. The van der Waals surface area contributed by atoms with Crippen LogP contribution in [0, 0.1) is 0 Å². The molecule has 0 aromatic carbocycles. The summed E-state index contributed by atoms with van der Waals surface area (Å²) in [5, 5.41) is 3.83. The summed E-state index contributed by atoms with van der Waals surface area (Å²) >= 11 is 1.87. The SMILES string of the molecule is CCO[Si](CCCNC(C[Si](OC)(OC)OC)(SCC)N(CC)CC)(OCC)OCC. The summed E-state index contributed by atoms with van der Waals surface area (Å²) in [5.74, 6) is 0.959. The highest BCUT2D eigenvalue weighted by Gasteiger charge is 2.50. The average molecular weight is 501 g/mol. The van der Waals surface area contributed by atoms with E-state index in [9.17, 15) is 0 Å². The molecular weight excluding hydrogens is 452 g/mol. The first kappa shape index (κ1) is 31.5. The summed E-state index contributed by atoms with van der Waals surface area (Å²) in [6.45, 7) is 16.9. The normalized spacial score (nSPS) is 14.9. The molecule has 0 saturated carbocycles. The van der Waals surface area contributed by atoms with Gasteiger partial charge in [0.2, 0.25) is 0 Å². The molecule has 0 radical (unpaired) electrons. The Morgan fingerprint density at radius 1 is 0.774 bits per heavy atom. The molecule has 0 spiro atoms. The zero-order chi connectivity index (χ0) is 23.8. The van der Waals surface area contributed by atoms with Crippen molar-refractivity contribution < 1.29 is 26.6 Å². The molecule has 0 fully saturated rings. The summed E-state index contributed by atoms with van der Waals surface area (Å²) in [4.78, 5) is 2.08. The van der Waals surface area contributed by atoms with Gasteiger partial charge in [-0.15, -0.1) is 11.8 Å². The van der Waals surface area contributed by atoms with Crippen molar-refractivity contribution in [3.05, 3.63) is 0 Å². The van der Waals surface area contributed by atoms with E-state index in [1.165, 1.54) is 0 Å². The van der Waals surface area contributed by atoms with Gasteiger partial charge >= 0.3 is 17.6 Å². The molecule has 188 valence electrons. The van der Waals surface area contributed by atoms with E-state index in [0.717, 1.165) is 37.9 Å². The van der Waals surface area contributed by atoms with E-state index in [1.807, 2.05) is 32.5 Å². The van der Waals surface area contributed by atoms with Gasteiger partial charge in [-0.2, -0.15) is 0 Å². The van der Waals surface area contributed by atoms with Crippen LogP contribution in [0.4, 0.5) is 0 Å². The Morgan fingerprint density at radius 2 is 1.26 bits per heavy atom. The number of hydrogen-bond acceptors (Lipinski definition) is 9. The second kappa shape index (κ2) is 17.0. The van der Waals surface area contributed by atoms with Crippen molar-refractivity contribution in [3.63, 3.8) is 0 Å². The fourth-order valence-corrected chi connectivity index (χ4v) is 10.3. The second-order valence-corrected chi connectivity index (χ2v) is 14.1. The summed E-state index contributed by atoms with van der Waals surface area (Å²) in [5.41, 5.74) is 0. The maximum atomic E-state index is 6.01. The lowest BCUT2D eigenvalue weighted by molar-refractivity contribution is 0.0696. The molecule has 1 unspecified atom stereocenters. The van der Waals surface area contributed by atoms with Crippen LogP contribution in [0.15, 0.2) is 0 Å². The van der Waals surface area contributed by atoms with Crippen LogP contribution in [0.5, 0.6) is 0 Å². The molecule has 8 nitrogen and oxygen atoms in total. The van der Waals surface area contributed by atoms with Crippen LogP contribution in [-0.4, -0.2) is 94.0 Å². The van der Waals surface area contributed by atoms with Crippen LogP contribution in [0.2, 0.25) is 12.1 Å². The summed E-state index contributed by atoms with van der Waals surface area (Å²) in [7, 11) is -0.431. The summed E-state index contributed by atoms with van der Waals surface area (Å²) < 4.78 is 35.4. The van der Waals surface area contributed by atoms with Gasteiger partial charge in [0.15, 0.2) is 0 Å². The van der Waals surface area contributed by atoms with E-state index in [-0.39, 0.29) is 4.99 Å². The Balaban J connectivity index is 5.56. The van der Waals surface area contributed by atoms with Gasteiger partial charge in [0.25, 0.3) is 0 Å². The molecule has 0 amide bonds. The number of nitrogens with one attached hydrogen (secondary N) is 1. The predicted molar refractivity (Wildman–Crippen MR) is 133 cm³/mol. The van der Waals surface area contributed by atoms with E-state index < -0.39 is 17.6 Å². The van der Waals surface area contributed by atoms with Crippen LogP contribution in [0.3, 0.4) is 0 Å². The van der Waals surface area contributed by atoms with Crippen LogP contribution >= 0.6 is 11.8 Å². The third-order valence-corrected chi connectivity index (χ3v) is 12.7. The van der Waals surface area contributed by atoms with Gasteiger partial charge in [0.1, 0.15) is 4.99 Å². The molecule has 11 heteroatoms. The maximum absolute atomic E-state index is 6.01. The standard InChI is InChI=1S/C20H48N2O6SSi2/c1-10-22(11-2)20(29-15-6,19-31(23-7,24-8)25-9)21-17-16-18-30(26-12-3,27-13-4)28-14-5/h21H,10-19H2,1-9H3. The van der Waals surface area contributed by atoms with E-state index in [1.54, 1.807) is 21.3 Å². The van der Waals surface area contributed by atoms with Crippen molar-refractivity contribution in [2.24, 2.45) is 0 Å². The Bertz CT molecular complexity index is 423. The zero-order valence-electron chi connectivity index (χ0n) is 21.4. The van der Waals surface area contributed by atoms with Crippen molar-refractivity contribution in [2.45, 2.75) is 65.0 Å². The van der Waals surface area contributed by atoms with Gasteiger partial charge in [-0.05, 0) is 52.6 Å². The summed E-state index contributed by atoms with van der Waals surface area (Å²) in [6.07, 6.45) is 0.890. The molecule has 1 atom stereocenters. The Kier molecular flexibility index (Phi) is 17.2. The van der Waals surface area contributed by atoms with Gasteiger partial charge in [-0.3, -0.25) is 10.2 Å². The topological polar surface area (TPSA) is 70.7 Å². The van der Waals surface area contributed by atoms with E-state index in [4.69, 9.17) is 26.6 Å². The molecule has 0 aliphatic rings. The molecule has 0 heterocycles. The fourth-order valence-electron chi connectivity index (χ4n) is 3.80. The predicted octanol–water partition coefficient (Wildman–Crippen LogP) is 3.64. The van der Waals surface area contributed by atoms with Crippen molar-refractivity contribution in [1.29, 1.82) is 0 Å². The number of hydrogen-bond donors (Lipinski definition) is 1. The van der Waals surface area contributed by atoms with Crippen molar-refractivity contribution in [3.8, 4) is 0 Å². The van der Waals surface area contributed by atoms with Gasteiger partial charge < -0.3 is 26.6 Å². The van der Waals surface area contributed by atoms with E-state index in [0.29, 0.717) is 25.9 Å². The smallest absolute Gasteiger partial charge is 0.377 e.